The van der Waals surface area contributed by atoms with Crippen LogP contribution < -0.4 is 15.4 Å². The van der Waals surface area contributed by atoms with Gasteiger partial charge >= 0.3 is 0 Å². The molecule has 154 valence electrons. The minimum atomic E-state index is -0.371. The van der Waals surface area contributed by atoms with Gasteiger partial charge < -0.3 is 15.4 Å². The molecule has 0 aliphatic heterocycles. The Hall–Kier alpha value is -3.78. The fourth-order valence-corrected chi connectivity index (χ4v) is 3.16. The molecule has 0 radical (unpaired) electrons. The maximum atomic E-state index is 12.7. The first-order chi connectivity index (χ1) is 15.0. The van der Waals surface area contributed by atoms with Crippen molar-refractivity contribution in [2.24, 2.45) is 0 Å². The van der Waals surface area contributed by atoms with Gasteiger partial charge in [0, 0.05) is 27.3 Å². The van der Waals surface area contributed by atoms with Crippen molar-refractivity contribution in [3.8, 4) is 5.75 Å². The van der Waals surface area contributed by atoms with Gasteiger partial charge in [-0.15, -0.1) is 0 Å². The normalized spacial score (nSPS) is 10.5. The van der Waals surface area contributed by atoms with Crippen molar-refractivity contribution in [2.75, 3.05) is 17.7 Å². The fraction of sp³-hybridized carbons (Fsp3) is 0.0435. The van der Waals surface area contributed by atoms with Crippen molar-refractivity contribution in [2.45, 2.75) is 0 Å². The van der Waals surface area contributed by atoms with Crippen LogP contribution in [-0.2, 0) is 0 Å². The molecule has 0 fully saturated rings. The minimum absolute atomic E-state index is 0.270. The molecule has 4 aromatic rings. The molecule has 0 saturated heterocycles. The number of pyridine rings is 2. The number of halogens is 1. The van der Waals surface area contributed by atoms with E-state index in [1.807, 2.05) is 12.1 Å². The molecular weight excluding hydrogens is 460 g/mol. The van der Waals surface area contributed by atoms with Gasteiger partial charge in [-0.3, -0.25) is 9.59 Å². The lowest BCUT2D eigenvalue weighted by atomic mass is 10.1. The number of hydrogen-bond acceptors (Lipinski definition) is 5. The van der Waals surface area contributed by atoms with Crippen LogP contribution in [0.25, 0.3) is 10.9 Å². The Morgan fingerprint density at radius 2 is 1.81 bits per heavy atom. The van der Waals surface area contributed by atoms with Crippen LogP contribution in [0.2, 0.25) is 0 Å². The Balaban J connectivity index is 1.49. The highest BCUT2D eigenvalue weighted by Crippen LogP contribution is 2.20. The van der Waals surface area contributed by atoms with E-state index in [4.69, 9.17) is 4.74 Å². The molecule has 31 heavy (non-hydrogen) atoms. The molecule has 2 N–H and O–H groups in total. The van der Waals surface area contributed by atoms with E-state index in [9.17, 15) is 9.59 Å². The monoisotopic (exact) mass is 476 g/mol. The number of amides is 2. The molecule has 0 aliphatic rings. The third-order valence-electron chi connectivity index (χ3n) is 4.48. The highest BCUT2D eigenvalue weighted by molar-refractivity contribution is 9.10. The zero-order valence-corrected chi connectivity index (χ0v) is 18.0. The Morgan fingerprint density at radius 1 is 0.935 bits per heavy atom. The van der Waals surface area contributed by atoms with Crippen LogP contribution >= 0.6 is 15.9 Å². The highest BCUT2D eigenvalue weighted by Gasteiger charge is 2.12. The van der Waals surface area contributed by atoms with Crippen molar-refractivity contribution >= 4 is 50.2 Å². The largest absolute Gasteiger partial charge is 0.497 e. The lowest BCUT2D eigenvalue weighted by molar-refractivity contribution is 0.101. The number of methoxy groups -OCH3 is 1. The molecule has 2 aromatic heterocycles. The minimum Gasteiger partial charge on any atom is -0.497 e. The summed E-state index contributed by atoms with van der Waals surface area (Å²) in [4.78, 5) is 33.7. The van der Waals surface area contributed by atoms with Crippen LogP contribution in [-0.4, -0.2) is 28.9 Å². The molecule has 2 aromatic carbocycles. The zero-order valence-electron chi connectivity index (χ0n) is 16.4. The van der Waals surface area contributed by atoms with E-state index in [0.717, 1.165) is 15.6 Å². The molecule has 8 heteroatoms. The van der Waals surface area contributed by atoms with E-state index in [1.165, 1.54) is 0 Å². The molecule has 0 spiro atoms. The summed E-state index contributed by atoms with van der Waals surface area (Å²) in [5.41, 5.74) is 1.83. The van der Waals surface area contributed by atoms with Crippen LogP contribution in [0.15, 0.2) is 77.4 Å². The van der Waals surface area contributed by atoms with Crippen molar-refractivity contribution in [3.05, 3.63) is 88.7 Å². The van der Waals surface area contributed by atoms with Crippen molar-refractivity contribution in [1.29, 1.82) is 0 Å². The molecule has 2 heterocycles. The van der Waals surface area contributed by atoms with Gasteiger partial charge in [-0.2, -0.15) is 0 Å². The Kier molecular flexibility index (Phi) is 5.90. The number of benzene rings is 2. The predicted octanol–water partition coefficient (Wildman–Crippen LogP) is 4.91. The van der Waals surface area contributed by atoms with Crippen LogP contribution in [0.4, 0.5) is 11.5 Å². The molecule has 0 aliphatic carbocycles. The average molecular weight is 477 g/mol. The molecule has 0 unspecified atom stereocenters. The molecule has 2 amide bonds. The van der Waals surface area contributed by atoms with Gasteiger partial charge in [0.2, 0.25) is 0 Å². The summed E-state index contributed by atoms with van der Waals surface area (Å²) in [6, 6.07) is 19.0. The standard InChI is InChI=1S/C23H17BrN4O3/c1-31-18-7-9-19-14(12-18)5-8-20(27-19)23(30)26-17-4-2-3-15(11-17)22(29)28-21-10-6-16(24)13-25-21/h2-13H,1H3,(H,26,30)(H,25,28,29). The van der Waals surface area contributed by atoms with Crippen LogP contribution in [0, 0.1) is 0 Å². The second-order valence-electron chi connectivity index (χ2n) is 6.61. The number of fused-ring (bicyclic) bond motifs is 1. The second-order valence-corrected chi connectivity index (χ2v) is 7.52. The molecule has 4 rings (SSSR count). The van der Waals surface area contributed by atoms with Gasteiger partial charge in [-0.05, 0) is 70.5 Å². The number of carbonyl (C=O) groups excluding carboxylic acids is 2. The lowest BCUT2D eigenvalue weighted by Gasteiger charge is -2.09. The molecule has 0 saturated carbocycles. The maximum absolute atomic E-state index is 12.7. The number of rotatable bonds is 5. The lowest BCUT2D eigenvalue weighted by Crippen LogP contribution is -2.16. The third-order valence-corrected chi connectivity index (χ3v) is 4.95. The highest BCUT2D eigenvalue weighted by atomic mass is 79.9. The van der Waals surface area contributed by atoms with Gasteiger partial charge in [-0.1, -0.05) is 12.1 Å². The topological polar surface area (TPSA) is 93.2 Å². The first kappa shape index (κ1) is 20.5. The SMILES string of the molecule is COc1ccc2nc(C(=O)Nc3cccc(C(=O)Nc4ccc(Br)cn4)c3)ccc2c1. The summed E-state index contributed by atoms with van der Waals surface area (Å²) in [5.74, 6) is 0.452. The quantitative estimate of drug-likeness (QED) is 0.426. The number of anilines is 2. The summed E-state index contributed by atoms with van der Waals surface area (Å²) in [5, 5.41) is 6.38. The van der Waals surface area contributed by atoms with Crippen molar-refractivity contribution in [3.63, 3.8) is 0 Å². The summed E-state index contributed by atoms with van der Waals surface area (Å²) < 4.78 is 6.02. The smallest absolute Gasteiger partial charge is 0.274 e. The van der Waals surface area contributed by atoms with E-state index in [2.05, 4.69) is 36.5 Å². The molecule has 7 nitrogen and oxygen atoms in total. The van der Waals surface area contributed by atoms with Gasteiger partial charge in [0.1, 0.15) is 17.3 Å². The van der Waals surface area contributed by atoms with Crippen molar-refractivity contribution < 1.29 is 14.3 Å². The number of nitrogens with one attached hydrogen (secondary N) is 2. The number of nitrogens with zero attached hydrogens (tertiary/aromatic N) is 2. The van der Waals surface area contributed by atoms with E-state index in [-0.39, 0.29) is 17.5 Å². The maximum Gasteiger partial charge on any atom is 0.274 e. The van der Waals surface area contributed by atoms with Crippen molar-refractivity contribution in [1.82, 2.24) is 9.97 Å². The molecule has 0 atom stereocenters. The van der Waals surface area contributed by atoms with Crippen LogP contribution in [0.3, 0.4) is 0 Å². The Morgan fingerprint density at radius 3 is 2.58 bits per heavy atom. The van der Waals surface area contributed by atoms with Crippen LogP contribution in [0.5, 0.6) is 5.75 Å². The average Bonchev–Trinajstić information content (AvgIpc) is 2.80. The number of aromatic nitrogens is 2. The molecule has 0 bridgehead atoms. The summed E-state index contributed by atoms with van der Waals surface area (Å²) in [6.07, 6.45) is 1.60. The summed E-state index contributed by atoms with van der Waals surface area (Å²) >= 11 is 3.30. The van der Waals surface area contributed by atoms with E-state index in [0.29, 0.717) is 22.6 Å². The van der Waals surface area contributed by atoms with Gasteiger partial charge in [0.25, 0.3) is 11.8 Å². The van der Waals surface area contributed by atoms with Gasteiger partial charge in [0.05, 0.1) is 12.6 Å². The van der Waals surface area contributed by atoms with Gasteiger partial charge in [0.15, 0.2) is 0 Å². The first-order valence-corrected chi connectivity index (χ1v) is 10.1. The number of ether oxygens (including phenoxy) is 1. The Bertz CT molecular complexity index is 1280. The third kappa shape index (κ3) is 4.87. The van der Waals surface area contributed by atoms with E-state index in [1.54, 1.807) is 67.9 Å². The summed E-state index contributed by atoms with van der Waals surface area (Å²) in [7, 11) is 1.60. The fourth-order valence-electron chi connectivity index (χ4n) is 2.93. The predicted molar refractivity (Wildman–Crippen MR) is 123 cm³/mol. The van der Waals surface area contributed by atoms with Crippen LogP contribution in [0.1, 0.15) is 20.8 Å². The summed E-state index contributed by atoms with van der Waals surface area (Å²) in [6.45, 7) is 0. The zero-order chi connectivity index (χ0) is 21.8. The van der Waals surface area contributed by atoms with E-state index < -0.39 is 0 Å². The molecular formula is C23H17BrN4O3. The second kappa shape index (κ2) is 8.93. The Labute approximate surface area is 186 Å². The number of hydrogen-bond donors (Lipinski definition) is 2. The van der Waals surface area contributed by atoms with Gasteiger partial charge in [-0.25, -0.2) is 9.97 Å². The first-order valence-electron chi connectivity index (χ1n) is 9.31. The number of carbonyl (C=O) groups is 2. The van der Waals surface area contributed by atoms with E-state index >= 15 is 0 Å².